The van der Waals surface area contributed by atoms with E-state index in [0.29, 0.717) is 6.42 Å². The lowest BCUT2D eigenvalue weighted by Crippen LogP contribution is -2.26. The van der Waals surface area contributed by atoms with Crippen molar-refractivity contribution >= 4 is 0 Å². The smallest absolute Gasteiger partial charge is 0.161 e. The molecule has 1 N–H and O–H groups in total. The molecule has 4 nitrogen and oxygen atoms in total. The van der Waals surface area contributed by atoms with Gasteiger partial charge in [-0.15, -0.1) is 0 Å². The van der Waals surface area contributed by atoms with Crippen molar-refractivity contribution in [1.82, 2.24) is 15.1 Å². The summed E-state index contributed by atoms with van der Waals surface area (Å²) >= 11 is 0. The second-order valence-corrected chi connectivity index (χ2v) is 4.86. The normalized spacial score (nSPS) is 12.4. The fourth-order valence-electron chi connectivity index (χ4n) is 2.55. The number of aryl methyl sites for hydroxylation is 1. The van der Waals surface area contributed by atoms with Crippen molar-refractivity contribution in [2.45, 2.75) is 32.9 Å². The number of halogens is 1. The summed E-state index contributed by atoms with van der Waals surface area (Å²) in [6, 6.07) is 6.75. The highest BCUT2D eigenvalue weighted by atomic mass is 19.1. The van der Waals surface area contributed by atoms with Crippen LogP contribution in [0, 0.1) is 5.82 Å². The van der Waals surface area contributed by atoms with Crippen molar-refractivity contribution in [2.24, 2.45) is 0 Å². The van der Waals surface area contributed by atoms with Crippen LogP contribution in [0.1, 0.15) is 31.1 Å². The van der Waals surface area contributed by atoms with Crippen LogP contribution >= 0.6 is 0 Å². The van der Waals surface area contributed by atoms with Crippen molar-refractivity contribution in [1.29, 1.82) is 0 Å². The molecule has 2 aromatic rings. The maximum Gasteiger partial charge on any atom is 0.161 e. The largest absolute Gasteiger partial charge is 0.493 e. The molecule has 1 aromatic heterocycles. The van der Waals surface area contributed by atoms with E-state index in [1.807, 2.05) is 17.7 Å². The van der Waals surface area contributed by atoms with E-state index in [1.54, 1.807) is 25.4 Å². The standard InChI is InChI=1S/C16H22FN3O/c1-4-18-14(10-12-7-6-8-13(17)9-12)16-15(21-3)11-19-20(16)5-2/h6-9,11,14,18H,4-5,10H2,1-3H3. The zero-order valence-corrected chi connectivity index (χ0v) is 12.8. The number of aromatic nitrogens is 2. The van der Waals surface area contributed by atoms with Crippen LogP contribution in [0.15, 0.2) is 30.5 Å². The zero-order chi connectivity index (χ0) is 15.2. The first-order valence-electron chi connectivity index (χ1n) is 7.27. The summed E-state index contributed by atoms with van der Waals surface area (Å²) in [7, 11) is 1.64. The molecule has 2 rings (SSSR count). The van der Waals surface area contributed by atoms with Crippen LogP contribution in [-0.4, -0.2) is 23.4 Å². The Morgan fingerprint density at radius 3 is 2.81 bits per heavy atom. The number of methoxy groups -OCH3 is 1. The van der Waals surface area contributed by atoms with Gasteiger partial charge in [-0.25, -0.2) is 4.39 Å². The van der Waals surface area contributed by atoms with Crippen LogP contribution in [0.4, 0.5) is 4.39 Å². The summed E-state index contributed by atoms with van der Waals surface area (Å²) in [6.45, 7) is 5.68. The molecule has 0 fully saturated rings. The lowest BCUT2D eigenvalue weighted by atomic mass is 10.0. The Balaban J connectivity index is 2.32. The van der Waals surface area contributed by atoms with Gasteiger partial charge in [0, 0.05) is 6.54 Å². The van der Waals surface area contributed by atoms with Crippen molar-refractivity contribution in [3.8, 4) is 5.75 Å². The van der Waals surface area contributed by atoms with Crippen molar-refractivity contribution < 1.29 is 9.13 Å². The predicted molar refractivity (Wildman–Crippen MR) is 81.0 cm³/mol. The van der Waals surface area contributed by atoms with Gasteiger partial charge in [0.05, 0.1) is 25.0 Å². The summed E-state index contributed by atoms with van der Waals surface area (Å²) in [5, 5.41) is 7.78. The minimum absolute atomic E-state index is 0.0363. The molecular formula is C16H22FN3O. The summed E-state index contributed by atoms with van der Waals surface area (Å²) < 4.78 is 20.7. The molecule has 0 spiro atoms. The summed E-state index contributed by atoms with van der Waals surface area (Å²) in [5.41, 5.74) is 1.96. The van der Waals surface area contributed by atoms with E-state index >= 15 is 0 Å². The van der Waals surface area contributed by atoms with Crippen LogP contribution in [0.3, 0.4) is 0 Å². The van der Waals surface area contributed by atoms with Crippen LogP contribution < -0.4 is 10.1 Å². The van der Waals surface area contributed by atoms with Crippen molar-refractivity contribution in [3.63, 3.8) is 0 Å². The van der Waals surface area contributed by atoms with Crippen LogP contribution in [-0.2, 0) is 13.0 Å². The van der Waals surface area contributed by atoms with E-state index in [-0.39, 0.29) is 11.9 Å². The molecule has 0 bridgehead atoms. The molecule has 0 aliphatic rings. The Hall–Kier alpha value is -1.88. The lowest BCUT2D eigenvalue weighted by Gasteiger charge is -2.20. The van der Waals surface area contributed by atoms with Crippen molar-refractivity contribution in [3.05, 3.63) is 47.5 Å². The van der Waals surface area contributed by atoms with Crippen LogP contribution in [0.5, 0.6) is 5.75 Å². The minimum Gasteiger partial charge on any atom is -0.493 e. The van der Waals surface area contributed by atoms with E-state index in [0.717, 1.165) is 30.1 Å². The highest BCUT2D eigenvalue weighted by Crippen LogP contribution is 2.27. The number of rotatable bonds is 7. The van der Waals surface area contributed by atoms with Gasteiger partial charge in [-0.2, -0.15) is 5.10 Å². The molecule has 0 aliphatic carbocycles. The summed E-state index contributed by atoms with van der Waals surface area (Å²) in [6.07, 6.45) is 2.42. The fraction of sp³-hybridized carbons (Fsp3) is 0.438. The maximum absolute atomic E-state index is 13.4. The molecule has 0 amide bonds. The topological polar surface area (TPSA) is 39.1 Å². The Morgan fingerprint density at radius 2 is 2.19 bits per heavy atom. The first kappa shape index (κ1) is 15.5. The molecule has 21 heavy (non-hydrogen) atoms. The number of benzene rings is 1. The second kappa shape index (κ2) is 7.22. The van der Waals surface area contributed by atoms with Crippen LogP contribution in [0.25, 0.3) is 0 Å². The molecule has 1 unspecified atom stereocenters. The number of nitrogens with one attached hydrogen (secondary N) is 1. The Labute approximate surface area is 124 Å². The molecular weight excluding hydrogens is 269 g/mol. The molecule has 0 saturated carbocycles. The van der Waals surface area contributed by atoms with Gasteiger partial charge in [0.25, 0.3) is 0 Å². The van der Waals surface area contributed by atoms with E-state index in [9.17, 15) is 4.39 Å². The van der Waals surface area contributed by atoms with E-state index < -0.39 is 0 Å². The first-order chi connectivity index (χ1) is 10.2. The quantitative estimate of drug-likeness (QED) is 0.852. The summed E-state index contributed by atoms with van der Waals surface area (Å²) in [5.74, 6) is 0.554. The van der Waals surface area contributed by atoms with Gasteiger partial charge in [-0.05, 0) is 37.6 Å². The van der Waals surface area contributed by atoms with Gasteiger partial charge in [-0.3, -0.25) is 4.68 Å². The van der Waals surface area contributed by atoms with Gasteiger partial charge >= 0.3 is 0 Å². The molecule has 1 heterocycles. The van der Waals surface area contributed by atoms with Gasteiger partial charge in [0.15, 0.2) is 5.75 Å². The zero-order valence-electron chi connectivity index (χ0n) is 12.8. The fourth-order valence-corrected chi connectivity index (χ4v) is 2.55. The third-order valence-electron chi connectivity index (χ3n) is 3.47. The van der Waals surface area contributed by atoms with E-state index in [1.165, 1.54) is 6.07 Å². The number of likely N-dealkylation sites (N-methyl/N-ethyl adjacent to an activating group) is 1. The maximum atomic E-state index is 13.4. The number of hydrogen-bond donors (Lipinski definition) is 1. The van der Waals surface area contributed by atoms with Gasteiger partial charge in [-0.1, -0.05) is 19.1 Å². The second-order valence-electron chi connectivity index (χ2n) is 4.86. The Morgan fingerprint density at radius 1 is 1.38 bits per heavy atom. The average molecular weight is 291 g/mol. The molecule has 1 aromatic carbocycles. The predicted octanol–water partition coefficient (Wildman–Crippen LogP) is 2.94. The molecule has 114 valence electrons. The summed E-state index contributed by atoms with van der Waals surface area (Å²) in [4.78, 5) is 0. The average Bonchev–Trinajstić information content (AvgIpc) is 2.89. The van der Waals surface area contributed by atoms with Crippen LogP contribution in [0.2, 0.25) is 0 Å². The molecule has 0 aliphatic heterocycles. The number of nitrogens with zero attached hydrogens (tertiary/aromatic N) is 2. The highest BCUT2D eigenvalue weighted by Gasteiger charge is 2.21. The Bertz CT molecular complexity index is 561. The molecule has 0 radical (unpaired) electrons. The minimum atomic E-state index is -0.210. The number of ether oxygens (including phenoxy) is 1. The highest BCUT2D eigenvalue weighted by molar-refractivity contribution is 5.30. The Kier molecular flexibility index (Phi) is 5.33. The third-order valence-corrected chi connectivity index (χ3v) is 3.47. The van der Waals surface area contributed by atoms with Gasteiger partial charge in [0.2, 0.25) is 0 Å². The molecule has 1 atom stereocenters. The van der Waals surface area contributed by atoms with Crippen molar-refractivity contribution in [2.75, 3.05) is 13.7 Å². The third kappa shape index (κ3) is 3.61. The molecule has 5 heteroatoms. The van der Waals surface area contributed by atoms with E-state index in [4.69, 9.17) is 4.74 Å². The monoisotopic (exact) mass is 291 g/mol. The number of hydrogen-bond acceptors (Lipinski definition) is 3. The SMILES string of the molecule is CCNC(Cc1cccc(F)c1)c1c(OC)cnn1CC. The lowest BCUT2D eigenvalue weighted by molar-refractivity contribution is 0.391. The van der Waals surface area contributed by atoms with Gasteiger partial charge in [0.1, 0.15) is 5.82 Å². The van der Waals surface area contributed by atoms with Gasteiger partial charge < -0.3 is 10.1 Å². The molecule has 0 saturated heterocycles. The first-order valence-corrected chi connectivity index (χ1v) is 7.27. The van der Waals surface area contributed by atoms with E-state index in [2.05, 4.69) is 17.3 Å².